The van der Waals surface area contributed by atoms with Crippen LogP contribution < -0.4 is 5.73 Å². The summed E-state index contributed by atoms with van der Waals surface area (Å²) in [6.07, 6.45) is 4.83. The number of aryl methyl sites for hydroxylation is 2. The first-order chi connectivity index (χ1) is 7.83. The van der Waals surface area contributed by atoms with Gasteiger partial charge in [-0.3, -0.25) is 10.1 Å². The van der Waals surface area contributed by atoms with E-state index in [9.17, 15) is 0 Å². The maximum atomic E-state index is 7.47. The van der Waals surface area contributed by atoms with E-state index in [4.69, 9.17) is 22.7 Å². The lowest BCUT2D eigenvalue weighted by Gasteiger charge is -2.22. The number of nitrogens with two attached hydrogens (primary N) is 1. The molecule has 0 saturated carbocycles. The molecule has 1 aromatic rings. The second-order valence-corrected chi connectivity index (χ2v) is 5.49. The number of halogens is 1. The van der Waals surface area contributed by atoms with Gasteiger partial charge in [-0.1, -0.05) is 31.9 Å². The van der Waals surface area contributed by atoms with E-state index in [-0.39, 0.29) is 11.3 Å². The molecule has 96 valence electrons. The summed E-state index contributed by atoms with van der Waals surface area (Å²) >= 11 is 5.93. The van der Waals surface area contributed by atoms with Crippen molar-refractivity contribution in [2.45, 2.75) is 46.6 Å². The maximum Gasteiger partial charge on any atom is 0.0963 e. The fraction of sp³-hybridized carbons (Fsp3) is 0.667. The summed E-state index contributed by atoms with van der Waals surface area (Å²) < 4.78 is 1.87. The highest BCUT2D eigenvalue weighted by molar-refractivity contribution is 6.31. The molecule has 0 saturated heterocycles. The number of nitrogens with zero attached hydrogens (tertiary/aromatic N) is 2. The zero-order valence-corrected chi connectivity index (χ0v) is 11.5. The number of amidine groups is 1. The molecule has 0 fully saturated rings. The van der Waals surface area contributed by atoms with Crippen molar-refractivity contribution >= 4 is 17.4 Å². The van der Waals surface area contributed by atoms with Crippen LogP contribution in [-0.4, -0.2) is 15.6 Å². The average molecular weight is 257 g/mol. The van der Waals surface area contributed by atoms with E-state index in [1.807, 2.05) is 31.6 Å². The number of unbranched alkanes of at least 4 members (excludes halogenated alkanes) is 1. The van der Waals surface area contributed by atoms with Crippen LogP contribution in [0.3, 0.4) is 0 Å². The minimum absolute atomic E-state index is 0.197. The van der Waals surface area contributed by atoms with E-state index in [2.05, 4.69) is 5.10 Å². The second-order valence-electron chi connectivity index (χ2n) is 5.08. The van der Waals surface area contributed by atoms with Crippen molar-refractivity contribution in [2.24, 2.45) is 11.1 Å². The predicted octanol–water partition coefficient (Wildman–Crippen LogP) is 2.98. The van der Waals surface area contributed by atoms with Gasteiger partial charge in [-0.2, -0.15) is 5.10 Å². The SMILES string of the molecule is Cc1nn(CCCCC(C)(C)C(=N)N)cc1Cl. The monoisotopic (exact) mass is 256 g/mol. The van der Waals surface area contributed by atoms with E-state index in [1.165, 1.54) is 0 Å². The Balaban J connectivity index is 2.32. The molecule has 0 radical (unpaired) electrons. The van der Waals surface area contributed by atoms with Crippen LogP contribution in [0.15, 0.2) is 6.20 Å². The van der Waals surface area contributed by atoms with Crippen molar-refractivity contribution in [3.8, 4) is 0 Å². The molecule has 0 bridgehead atoms. The standard InChI is InChI=1S/C12H21ClN4/c1-9-10(13)8-17(16-9)7-5-4-6-12(2,3)11(14)15/h8H,4-7H2,1-3H3,(H3,14,15). The first kappa shape index (κ1) is 14.0. The molecule has 1 aromatic heterocycles. The van der Waals surface area contributed by atoms with Crippen molar-refractivity contribution in [1.82, 2.24) is 9.78 Å². The van der Waals surface area contributed by atoms with Crippen LogP contribution in [0.2, 0.25) is 5.02 Å². The Bertz CT molecular complexity index is 376. The maximum absolute atomic E-state index is 7.47. The normalized spacial score (nSPS) is 11.8. The molecule has 3 N–H and O–H groups in total. The molecular formula is C12H21ClN4. The summed E-state index contributed by atoms with van der Waals surface area (Å²) in [6, 6.07) is 0. The third-order valence-electron chi connectivity index (χ3n) is 3.05. The lowest BCUT2D eigenvalue weighted by molar-refractivity contribution is 0.424. The molecule has 0 spiro atoms. The number of aromatic nitrogens is 2. The van der Waals surface area contributed by atoms with Gasteiger partial charge in [-0.15, -0.1) is 0 Å². The molecule has 1 rings (SSSR count). The summed E-state index contributed by atoms with van der Waals surface area (Å²) in [5.74, 6) is 0.260. The Hall–Kier alpha value is -1.03. The highest BCUT2D eigenvalue weighted by Gasteiger charge is 2.20. The largest absolute Gasteiger partial charge is 0.387 e. The highest BCUT2D eigenvalue weighted by atomic mass is 35.5. The van der Waals surface area contributed by atoms with Gasteiger partial charge in [0.1, 0.15) is 0 Å². The van der Waals surface area contributed by atoms with Gasteiger partial charge in [0.15, 0.2) is 0 Å². The van der Waals surface area contributed by atoms with E-state index in [1.54, 1.807) is 0 Å². The van der Waals surface area contributed by atoms with Crippen LogP contribution in [-0.2, 0) is 6.54 Å². The molecule has 0 aliphatic rings. The number of hydrogen-bond acceptors (Lipinski definition) is 2. The van der Waals surface area contributed by atoms with Gasteiger partial charge in [0.2, 0.25) is 0 Å². The quantitative estimate of drug-likeness (QED) is 0.467. The van der Waals surface area contributed by atoms with Crippen molar-refractivity contribution < 1.29 is 0 Å². The van der Waals surface area contributed by atoms with Crippen LogP contribution in [0.1, 0.15) is 38.8 Å². The minimum atomic E-state index is -0.197. The summed E-state index contributed by atoms with van der Waals surface area (Å²) in [6.45, 7) is 6.77. The van der Waals surface area contributed by atoms with Crippen molar-refractivity contribution in [1.29, 1.82) is 5.41 Å². The van der Waals surface area contributed by atoms with Gasteiger partial charge in [-0.05, 0) is 19.8 Å². The third-order valence-corrected chi connectivity index (χ3v) is 3.43. The van der Waals surface area contributed by atoms with Crippen LogP contribution in [0.25, 0.3) is 0 Å². The molecule has 0 atom stereocenters. The number of rotatable bonds is 6. The van der Waals surface area contributed by atoms with E-state index < -0.39 is 0 Å². The topological polar surface area (TPSA) is 67.7 Å². The van der Waals surface area contributed by atoms with E-state index >= 15 is 0 Å². The van der Waals surface area contributed by atoms with E-state index in [0.29, 0.717) is 5.02 Å². The van der Waals surface area contributed by atoms with Gasteiger partial charge in [-0.25, -0.2) is 0 Å². The van der Waals surface area contributed by atoms with E-state index in [0.717, 1.165) is 31.5 Å². The smallest absolute Gasteiger partial charge is 0.0963 e. The number of nitrogens with one attached hydrogen (secondary N) is 1. The highest BCUT2D eigenvalue weighted by Crippen LogP contribution is 2.23. The Morgan fingerprint density at radius 2 is 2.18 bits per heavy atom. The van der Waals surface area contributed by atoms with Gasteiger partial charge in [0.25, 0.3) is 0 Å². The third kappa shape index (κ3) is 4.04. The zero-order valence-electron chi connectivity index (χ0n) is 10.8. The van der Waals surface area contributed by atoms with Crippen LogP contribution >= 0.6 is 11.6 Å². The Labute approximate surface area is 108 Å². The molecule has 5 heteroatoms. The summed E-state index contributed by atoms with van der Waals surface area (Å²) in [5.41, 5.74) is 6.21. The molecule has 0 aliphatic heterocycles. The van der Waals surface area contributed by atoms with Gasteiger partial charge < -0.3 is 5.73 Å². The first-order valence-electron chi connectivity index (χ1n) is 5.87. The van der Waals surface area contributed by atoms with Crippen LogP contribution in [0, 0.1) is 17.7 Å². The van der Waals surface area contributed by atoms with Gasteiger partial charge >= 0.3 is 0 Å². The molecule has 17 heavy (non-hydrogen) atoms. The molecular weight excluding hydrogens is 236 g/mol. The van der Waals surface area contributed by atoms with Crippen LogP contribution in [0.4, 0.5) is 0 Å². The number of hydrogen-bond donors (Lipinski definition) is 2. The van der Waals surface area contributed by atoms with Gasteiger partial charge in [0.05, 0.1) is 16.6 Å². The summed E-state index contributed by atoms with van der Waals surface area (Å²) in [5, 5.41) is 12.5. The second kappa shape index (κ2) is 5.54. The predicted molar refractivity (Wildman–Crippen MR) is 71.5 cm³/mol. The first-order valence-corrected chi connectivity index (χ1v) is 6.25. The summed E-state index contributed by atoms with van der Waals surface area (Å²) in [4.78, 5) is 0. The fourth-order valence-electron chi connectivity index (χ4n) is 1.58. The van der Waals surface area contributed by atoms with Crippen LogP contribution in [0.5, 0.6) is 0 Å². The fourth-order valence-corrected chi connectivity index (χ4v) is 1.73. The molecule has 4 nitrogen and oxygen atoms in total. The Kier molecular flexibility index (Phi) is 4.57. The minimum Gasteiger partial charge on any atom is -0.387 e. The molecule has 1 heterocycles. The Morgan fingerprint density at radius 1 is 1.53 bits per heavy atom. The summed E-state index contributed by atoms with van der Waals surface area (Å²) in [7, 11) is 0. The van der Waals surface area contributed by atoms with Crippen molar-refractivity contribution in [3.63, 3.8) is 0 Å². The molecule has 0 amide bonds. The van der Waals surface area contributed by atoms with Crippen molar-refractivity contribution in [2.75, 3.05) is 0 Å². The molecule has 0 aliphatic carbocycles. The van der Waals surface area contributed by atoms with Gasteiger partial charge in [0, 0.05) is 18.2 Å². The lowest BCUT2D eigenvalue weighted by atomic mass is 9.86. The average Bonchev–Trinajstić information content (AvgIpc) is 2.53. The van der Waals surface area contributed by atoms with Crippen molar-refractivity contribution in [3.05, 3.63) is 16.9 Å². The lowest BCUT2D eigenvalue weighted by Crippen LogP contribution is -2.30. The zero-order chi connectivity index (χ0) is 13.1. The Morgan fingerprint density at radius 3 is 2.65 bits per heavy atom. The molecule has 0 unspecified atom stereocenters. The molecule has 0 aromatic carbocycles.